The summed E-state index contributed by atoms with van der Waals surface area (Å²) in [6.45, 7) is 0. The minimum Gasteiger partial charge on any atom is -0.478 e. The zero-order chi connectivity index (χ0) is 13.1. The van der Waals surface area contributed by atoms with Crippen molar-refractivity contribution >= 4 is 5.97 Å². The first-order valence-electron chi connectivity index (χ1n) is 5.16. The number of carbonyl (C=O) groups is 1. The predicted octanol–water partition coefficient (Wildman–Crippen LogP) is 3.06. The maximum absolute atomic E-state index is 13.9. The lowest BCUT2D eigenvalue weighted by Gasteiger charge is -2.05. The second-order valence-electron chi connectivity index (χ2n) is 3.66. The van der Waals surface area contributed by atoms with Crippen LogP contribution in [-0.4, -0.2) is 11.1 Å². The molecule has 0 atom stereocenters. The number of hydrogen-bond acceptors (Lipinski definition) is 2. The lowest BCUT2D eigenvalue weighted by atomic mass is 10.0. The van der Waals surface area contributed by atoms with E-state index >= 15 is 0 Å². The van der Waals surface area contributed by atoms with Gasteiger partial charge < -0.3 is 5.11 Å². The average molecular weight is 241 g/mol. The second kappa shape index (κ2) is 4.68. The maximum Gasteiger partial charge on any atom is 0.335 e. The van der Waals surface area contributed by atoms with Crippen LogP contribution in [0.3, 0.4) is 0 Å². The molecule has 0 aliphatic carbocycles. The topological polar surface area (TPSA) is 61.1 Å². The molecule has 1 N–H and O–H groups in total. The molecule has 0 saturated carbocycles. The molecule has 0 aliphatic rings. The van der Waals surface area contributed by atoms with Crippen LogP contribution in [0, 0.1) is 17.1 Å². The largest absolute Gasteiger partial charge is 0.478 e. The van der Waals surface area contributed by atoms with Crippen LogP contribution >= 0.6 is 0 Å². The van der Waals surface area contributed by atoms with Gasteiger partial charge in [0.1, 0.15) is 11.9 Å². The number of carboxylic acid groups (broad SMARTS) is 1. The van der Waals surface area contributed by atoms with Crippen molar-refractivity contribution in [2.45, 2.75) is 0 Å². The highest BCUT2D eigenvalue weighted by Crippen LogP contribution is 2.25. The Bertz CT molecular complexity index is 642. The smallest absolute Gasteiger partial charge is 0.335 e. The van der Waals surface area contributed by atoms with Gasteiger partial charge in [-0.2, -0.15) is 5.26 Å². The van der Waals surface area contributed by atoms with Crippen LogP contribution in [0.15, 0.2) is 42.5 Å². The fourth-order valence-corrected chi connectivity index (χ4v) is 1.63. The van der Waals surface area contributed by atoms with Crippen molar-refractivity contribution < 1.29 is 14.3 Å². The van der Waals surface area contributed by atoms with Crippen LogP contribution in [0.2, 0.25) is 0 Å². The van der Waals surface area contributed by atoms with Gasteiger partial charge in [0.25, 0.3) is 0 Å². The third-order valence-electron chi connectivity index (χ3n) is 2.56. The summed E-state index contributed by atoms with van der Waals surface area (Å²) in [6, 6.07) is 12.1. The molecule has 0 spiro atoms. The molecule has 0 bridgehead atoms. The Morgan fingerprint density at radius 3 is 2.39 bits per heavy atom. The van der Waals surface area contributed by atoms with Crippen LogP contribution in [0.1, 0.15) is 15.9 Å². The first kappa shape index (κ1) is 11.8. The van der Waals surface area contributed by atoms with E-state index in [1.165, 1.54) is 30.3 Å². The van der Waals surface area contributed by atoms with Gasteiger partial charge in [0.2, 0.25) is 0 Å². The molecule has 0 unspecified atom stereocenters. The van der Waals surface area contributed by atoms with Gasteiger partial charge in [-0.05, 0) is 23.8 Å². The van der Waals surface area contributed by atoms with Crippen molar-refractivity contribution in [1.82, 2.24) is 0 Å². The molecule has 88 valence electrons. The van der Waals surface area contributed by atoms with E-state index in [1.54, 1.807) is 18.2 Å². The van der Waals surface area contributed by atoms with E-state index in [2.05, 4.69) is 0 Å². The van der Waals surface area contributed by atoms with Crippen LogP contribution in [0.5, 0.6) is 0 Å². The molecule has 2 aromatic rings. The van der Waals surface area contributed by atoms with Crippen molar-refractivity contribution in [3.8, 4) is 17.2 Å². The summed E-state index contributed by atoms with van der Waals surface area (Å²) < 4.78 is 13.9. The van der Waals surface area contributed by atoms with Gasteiger partial charge in [0.05, 0.1) is 11.1 Å². The Kier molecular flexibility index (Phi) is 3.07. The summed E-state index contributed by atoms with van der Waals surface area (Å²) in [7, 11) is 0. The zero-order valence-electron chi connectivity index (χ0n) is 9.22. The number of aromatic carboxylic acids is 1. The van der Waals surface area contributed by atoms with Gasteiger partial charge in [0, 0.05) is 5.56 Å². The Balaban J connectivity index is 2.50. The van der Waals surface area contributed by atoms with Gasteiger partial charge in [0.15, 0.2) is 0 Å². The molecule has 0 fully saturated rings. The number of benzene rings is 2. The summed E-state index contributed by atoms with van der Waals surface area (Å²) in [5, 5.41) is 17.5. The summed E-state index contributed by atoms with van der Waals surface area (Å²) in [6.07, 6.45) is 0. The summed E-state index contributed by atoms with van der Waals surface area (Å²) in [5.74, 6) is -1.63. The molecule has 0 amide bonds. The molecule has 3 nitrogen and oxygen atoms in total. The fourth-order valence-electron chi connectivity index (χ4n) is 1.63. The summed E-state index contributed by atoms with van der Waals surface area (Å²) >= 11 is 0. The predicted molar refractivity (Wildman–Crippen MR) is 63.5 cm³/mol. The lowest BCUT2D eigenvalue weighted by molar-refractivity contribution is 0.0697. The average Bonchev–Trinajstić information content (AvgIpc) is 2.39. The molecule has 18 heavy (non-hydrogen) atoms. The van der Waals surface area contributed by atoms with Gasteiger partial charge in [-0.3, -0.25) is 0 Å². The Morgan fingerprint density at radius 2 is 1.83 bits per heavy atom. The maximum atomic E-state index is 13.9. The number of rotatable bonds is 2. The van der Waals surface area contributed by atoms with E-state index in [4.69, 9.17) is 10.4 Å². The highest BCUT2D eigenvalue weighted by Gasteiger charge is 2.10. The third-order valence-corrected chi connectivity index (χ3v) is 2.56. The normalized spacial score (nSPS) is 9.78. The van der Waals surface area contributed by atoms with Gasteiger partial charge in [-0.25, -0.2) is 9.18 Å². The molecular formula is C14H8FNO2. The molecular weight excluding hydrogens is 233 g/mol. The quantitative estimate of drug-likeness (QED) is 0.878. The fraction of sp³-hybridized carbons (Fsp3) is 0. The van der Waals surface area contributed by atoms with Crippen LogP contribution in [0.25, 0.3) is 11.1 Å². The molecule has 0 aromatic heterocycles. The molecule has 0 aliphatic heterocycles. The van der Waals surface area contributed by atoms with E-state index < -0.39 is 11.8 Å². The molecule has 2 aromatic carbocycles. The number of halogens is 1. The molecule has 0 radical (unpaired) electrons. The Morgan fingerprint density at radius 1 is 1.17 bits per heavy atom. The van der Waals surface area contributed by atoms with Crippen molar-refractivity contribution in [2.75, 3.05) is 0 Å². The standard InChI is InChI=1S/C14H8FNO2/c15-13-11(8-16)2-1-3-12(13)9-4-6-10(7-5-9)14(17)18/h1-7H,(H,17,18). The van der Waals surface area contributed by atoms with Crippen molar-refractivity contribution in [3.05, 3.63) is 59.4 Å². The number of hydrogen-bond donors (Lipinski definition) is 1. The second-order valence-corrected chi connectivity index (χ2v) is 3.66. The first-order chi connectivity index (χ1) is 8.63. The van der Waals surface area contributed by atoms with Crippen molar-refractivity contribution in [1.29, 1.82) is 5.26 Å². The monoisotopic (exact) mass is 241 g/mol. The summed E-state index contributed by atoms with van der Waals surface area (Å²) in [4.78, 5) is 10.7. The molecule has 0 saturated heterocycles. The minimum absolute atomic E-state index is 0.0326. The van der Waals surface area contributed by atoms with E-state index in [0.717, 1.165) is 0 Å². The van der Waals surface area contributed by atoms with E-state index in [1.807, 2.05) is 0 Å². The Labute approximate surface area is 103 Å². The van der Waals surface area contributed by atoms with Gasteiger partial charge >= 0.3 is 5.97 Å². The van der Waals surface area contributed by atoms with Crippen molar-refractivity contribution in [2.24, 2.45) is 0 Å². The van der Waals surface area contributed by atoms with Crippen LogP contribution in [0.4, 0.5) is 4.39 Å². The highest BCUT2D eigenvalue weighted by molar-refractivity contribution is 5.88. The van der Waals surface area contributed by atoms with Gasteiger partial charge in [-0.1, -0.05) is 24.3 Å². The highest BCUT2D eigenvalue weighted by atomic mass is 19.1. The van der Waals surface area contributed by atoms with Gasteiger partial charge in [-0.15, -0.1) is 0 Å². The van der Waals surface area contributed by atoms with Crippen molar-refractivity contribution in [3.63, 3.8) is 0 Å². The van der Waals surface area contributed by atoms with E-state index in [9.17, 15) is 9.18 Å². The van der Waals surface area contributed by atoms with E-state index in [-0.39, 0.29) is 16.7 Å². The van der Waals surface area contributed by atoms with E-state index in [0.29, 0.717) is 5.56 Å². The molecule has 0 heterocycles. The van der Waals surface area contributed by atoms with Crippen LogP contribution in [-0.2, 0) is 0 Å². The number of nitrogens with zero attached hydrogens (tertiary/aromatic N) is 1. The zero-order valence-corrected chi connectivity index (χ0v) is 9.22. The molecule has 4 heteroatoms. The molecule has 2 rings (SSSR count). The first-order valence-corrected chi connectivity index (χ1v) is 5.16. The lowest BCUT2D eigenvalue weighted by Crippen LogP contribution is -1.95. The summed E-state index contributed by atoms with van der Waals surface area (Å²) in [5.41, 5.74) is 0.922. The third kappa shape index (κ3) is 2.06. The Hall–Kier alpha value is -2.67. The number of carboxylic acids is 1. The number of nitriles is 1. The minimum atomic E-state index is -1.03. The van der Waals surface area contributed by atoms with Crippen LogP contribution < -0.4 is 0 Å². The SMILES string of the molecule is N#Cc1cccc(-c2ccc(C(=O)O)cc2)c1F.